The molecule has 7 nitrogen and oxygen atoms in total. The van der Waals surface area contributed by atoms with E-state index in [0.717, 1.165) is 10.6 Å². The van der Waals surface area contributed by atoms with Crippen molar-refractivity contribution in [3.63, 3.8) is 0 Å². The molecule has 1 atom stereocenters. The third-order valence-electron chi connectivity index (χ3n) is 4.42. The number of pyridine rings is 2. The number of nitrogens with zero attached hydrogens (tertiary/aromatic N) is 5. The first kappa shape index (κ1) is 22.6. The maximum atomic E-state index is 13.7. The molecule has 1 unspecified atom stereocenters. The highest BCUT2D eigenvalue weighted by Gasteiger charge is 2.22. The van der Waals surface area contributed by atoms with Crippen molar-refractivity contribution in [3.8, 4) is 6.07 Å². The Kier molecular flexibility index (Phi) is 7.03. The van der Waals surface area contributed by atoms with Crippen molar-refractivity contribution in [2.24, 2.45) is 0 Å². The number of benzene rings is 1. The first-order valence-electron chi connectivity index (χ1n) is 9.16. The molecule has 0 aliphatic rings. The Bertz CT molecular complexity index is 1330. The van der Waals surface area contributed by atoms with Crippen LogP contribution in [0.15, 0.2) is 53.4 Å². The molecule has 32 heavy (non-hydrogen) atoms. The van der Waals surface area contributed by atoms with Gasteiger partial charge in [0.2, 0.25) is 0 Å². The van der Waals surface area contributed by atoms with Crippen LogP contribution in [-0.4, -0.2) is 25.5 Å². The second-order valence-electron chi connectivity index (χ2n) is 6.39. The van der Waals surface area contributed by atoms with Gasteiger partial charge in [-0.3, -0.25) is 4.34 Å². The van der Waals surface area contributed by atoms with Crippen molar-refractivity contribution in [1.29, 1.82) is 5.26 Å². The van der Waals surface area contributed by atoms with Crippen molar-refractivity contribution in [1.82, 2.24) is 19.3 Å². The van der Waals surface area contributed by atoms with Gasteiger partial charge in [-0.1, -0.05) is 18.2 Å². The van der Waals surface area contributed by atoms with E-state index < -0.39 is 6.43 Å². The van der Waals surface area contributed by atoms with Crippen LogP contribution >= 0.6 is 40.2 Å². The summed E-state index contributed by atoms with van der Waals surface area (Å²) >= 11 is 3.60. The van der Waals surface area contributed by atoms with E-state index in [9.17, 15) is 8.78 Å². The highest BCUT2D eigenvalue weighted by atomic mass is 127. The summed E-state index contributed by atoms with van der Waals surface area (Å²) in [5, 5.41) is 15.5. The van der Waals surface area contributed by atoms with Crippen molar-refractivity contribution in [2.75, 3.05) is 16.9 Å². The first-order chi connectivity index (χ1) is 15.5. The minimum atomic E-state index is -2.73. The Hall–Kier alpha value is -2.55. The van der Waals surface area contributed by atoms with Gasteiger partial charge in [0, 0.05) is 11.0 Å². The number of anilines is 4. The third kappa shape index (κ3) is 4.62. The lowest BCUT2D eigenvalue weighted by Gasteiger charge is -2.13. The average Bonchev–Trinajstić information content (AvgIpc) is 3.19. The predicted octanol–water partition coefficient (Wildman–Crippen LogP) is 6.64. The molecule has 0 aliphatic heterocycles. The number of hydrogen-bond acceptors (Lipinski definition) is 7. The van der Waals surface area contributed by atoms with E-state index in [1.807, 2.05) is 58.6 Å². The third-order valence-corrected chi connectivity index (χ3v) is 7.27. The monoisotopic (exact) mass is 581 g/mol. The van der Waals surface area contributed by atoms with Gasteiger partial charge in [-0.05, 0) is 52.6 Å². The zero-order valence-corrected chi connectivity index (χ0v) is 20.4. The number of rotatable bonds is 7. The minimum absolute atomic E-state index is 0.0125. The number of nitriles is 1. The van der Waals surface area contributed by atoms with Gasteiger partial charge in [0.25, 0.3) is 6.43 Å². The zero-order chi connectivity index (χ0) is 22.7. The second-order valence-corrected chi connectivity index (χ2v) is 9.30. The molecule has 4 rings (SSSR count). The van der Waals surface area contributed by atoms with Crippen LogP contribution in [0.5, 0.6) is 0 Å². The fourth-order valence-electron chi connectivity index (χ4n) is 3.04. The Morgan fingerprint density at radius 1 is 1.06 bits per heavy atom. The molecule has 0 saturated carbocycles. The molecule has 2 N–H and O–H groups in total. The van der Waals surface area contributed by atoms with E-state index in [4.69, 9.17) is 5.26 Å². The maximum Gasteiger partial charge on any atom is 0.295 e. The van der Waals surface area contributed by atoms with Crippen molar-refractivity contribution >= 4 is 74.4 Å². The summed E-state index contributed by atoms with van der Waals surface area (Å²) in [6.45, 7) is 0. The first-order valence-corrected chi connectivity index (χ1v) is 14.4. The van der Waals surface area contributed by atoms with Gasteiger partial charge in [-0.25, -0.2) is 23.7 Å². The van der Waals surface area contributed by atoms with E-state index in [1.165, 1.54) is 4.34 Å². The number of alkyl halides is 2. The fraction of sp³-hybridized carbons (Fsp3) is 0.100. The molecule has 162 valence electrons. The van der Waals surface area contributed by atoms with Crippen molar-refractivity contribution in [3.05, 3.63) is 60.0 Å². The summed E-state index contributed by atoms with van der Waals surface area (Å²) in [7, 11) is 0. The summed E-state index contributed by atoms with van der Waals surface area (Å²) < 4.78 is 28.8. The van der Waals surface area contributed by atoms with Crippen molar-refractivity contribution < 1.29 is 8.78 Å². The summed E-state index contributed by atoms with van der Waals surface area (Å²) in [5.74, 6) is 0.479. The highest BCUT2D eigenvalue weighted by Crippen LogP contribution is 2.39. The lowest BCUT2D eigenvalue weighted by molar-refractivity contribution is 0.140. The largest absolute Gasteiger partial charge is 0.353 e. The molecule has 0 radical (unpaired) electrons. The molecule has 0 fully saturated rings. The van der Waals surface area contributed by atoms with Gasteiger partial charge in [0.15, 0.2) is 11.5 Å². The minimum Gasteiger partial charge on any atom is -0.353 e. The lowest BCUT2D eigenvalue weighted by atomic mass is 10.2. The Morgan fingerprint density at radius 2 is 1.88 bits per heavy atom. The SMILES string of the molecule is CSc1ccccc1Nc1cc(Nc2cccc(C#N)n2)nc2c1nc(C(F)F)n2PI. The molecule has 3 aromatic heterocycles. The van der Waals surface area contributed by atoms with E-state index in [0.29, 0.717) is 28.5 Å². The van der Waals surface area contributed by atoms with Crippen LogP contribution in [0.1, 0.15) is 17.9 Å². The molecular formula is C20H15F2IN7PS. The van der Waals surface area contributed by atoms with E-state index >= 15 is 0 Å². The molecule has 12 heteroatoms. The van der Waals surface area contributed by atoms with Crippen LogP contribution in [0, 0.1) is 11.3 Å². The molecular weight excluding hydrogens is 566 g/mol. The molecule has 0 saturated heterocycles. The molecule has 4 aromatic rings. The lowest BCUT2D eigenvalue weighted by Crippen LogP contribution is -2.01. The number of hydrogen-bond donors (Lipinski definition) is 2. The van der Waals surface area contributed by atoms with Gasteiger partial charge in [-0.15, -0.1) is 11.8 Å². The quantitative estimate of drug-likeness (QED) is 0.144. The predicted molar refractivity (Wildman–Crippen MR) is 134 cm³/mol. The van der Waals surface area contributed by atoms with Gasteiger partial charge < -0.3 is 10.6 Å². The van der Waals surface area contributed by atoms with Crippen molar-refractivity contribution in [2.45, 2.75) is 11.3 Å². The summed E-state index contributed by atoms with van der Waals surface area (Å²) in [6, 6.07) is 16.4. The van der Waals surface area contributed by atoms with Gasteiger partial charge in [0.05, 0.1) is 17.7 Å². The number of fused-ring (bicyclic) bond motifs is 1. The number of nitrogens with one attached hydrogen (secondary N) is 2. The van der Waals surface area contributed by atoms with Crippen LogP contribution < -0.4 is 10.6 Å². The van der Waals surface area contributed by atoms with E-state index in [-0.39, 0.29) is 17.9 Å². The van der Waals surface area contributed by atoms with Gasteiger partial charge in [0.1, 0.15) is 28.9 Å². The Morgan fingerprint density at radius 3 is 2.59 bits per heavy atom. The standard InChI is InChI=1S/C20H15F2IN7PS/c1-32-14-7-3-2-6-12(14)26-13-9-16(27-15-8-4-5-11(10-24)25-15)28-19-17(13)29-20(18(21)22)30(19)31-23/h2-9,18,31H,1H3,(H2,25,26,27,28). The van der Waals surface area contributed by atoms with E-state index in [2.05, 4.69) is 25.6 Å². The molecule has 1 aromatic carbocycles. The van der Waals surface area contributed by atoms with Crippen LogP contribution in [0.3, 0.4) is 0 Å². The van der Waals surface area contributed by atoms with Crippen LogP contribution in [0.25, 0.3) is 11.2 Å². The number of thioether (sulfide) groups is 1. The number of aromatic nitrogens is 4. The van der Waals surface area contributed by atoms with Gasteiger partial charge in [-0.2, -0.15) is 5.26 Å². The number of imidazole rings is 1. The fourth-order valence-corrected chi connectivity index (χ4v) is 5.49. The number of para-hydroxylation sites is 1. The number of halogens is 3. The maximum absolute atomic E-state index is 13.7. The average molecular weight is 581 g/mol. The van der Waals surface area contributed by atoms with Crippen LogP contribution in [0.2, 0.25) is 0 Å². The molecule has 0 spiro atoms. The van der Waals surface area contributed by atoms with Gasteiger partial charge >= 0.3 is 0 Å². The normalized spacial score (nSPS) is 11.4. The Labute approximate surface area is 201 Å². The molecule has 0 bridgehead atoms. The van der Waals surface area contributed by atoms with Crippen LogP contribution in [0.4, 0.5) is 31.8 Å². The zero-order valence-electron chi connectivity index (χ0n) is 16.5. The summed E-state index contributed by atoms with van der Waals surface area (Å²) in [4.78, 5) is 13.9. The molecule has 0 aliphatic carbocycles. The summed E-state index contributed by atoms with van der Waals surface area (Å²) in [6.07, 6.45) is -0.783. The highest BCUT2D eigenvalue weighted by molar-refractivity contribution is 14.2. The summed E-state index contributed by atoms with van der Waals surface area (Å²) in [5.41, 5.74) is 2.30. The van der Waals surface area contributed by atoms with Crippen LogP contribution in [-0.2, 0) is 0 Å². The molecule has 0 amide bonds. The molecule has 3 heterocycles. The second kappa shape index (κ2) is 9.94. The van der Waals surface area contributed by atoms with E-state index in [1.54, 1.807) is 36.0 Å². The Balaban J connectivity index is 1.87. The smallest absolute Gasteiger partial charge is 0.295 e. The topological polar surface area (TPSA) is 91.4 Å².